The lowest BCUT2D eigenvalue weighted by atomic mass is 9.96. The third-order valence-electron chi connectivity index (χ3n) is 5.47. The molecule has 0 saturated heterocycles. The highest BCUT2D eigenvalue weighted by atomic mass is 35.5. The number of aliphatic imine (C=N–C) groups is 1. The SMILES string of the molecule is CCNC(=NCC1(c2cccc(Cl)c2)CC1)NC1CCCn2nc(C)nc21. The zero-order valence-electron chi connectivity index (χ0n) is 16.0. The molecule has 144 valence electrons. The number of aromatic nitrogens is 3. The molecule has 6 nitrogen and oxygen atoms in total. The van der Waals surface area contributed by atoms with E-state index >= 15 is 0 Å². The lowest BCUT2D eigenvalue weighted by molar-refractivity contribution is 0.397. The zero-order valence-corrected chi connectivity index (χ0v) is 16.8. The Morgan fingerprint density at radius 2 is 2.26 bits per heavy atom. The van der Waals surface area contributed by atoms with Gasteiger partial charge in [-0.3, -0.25) is 4.99 Å². The molecular weight excluding hydrogens is 360 g/mol. The van der Waals surface area contributed by atoms with Gasteiger partial charge in [0, 0.05) is 23.5 Å². The second-order valence-corrected chi connectivity index (χ2v) is 8.00. The van der Waals surface area contributed by atoms with Crippen molar-refractivity contribution in [2.24, 2.45) is 4.99 Å². The van der Waals surface area contributed by atoms with Crippen LogP contribution in [0.3, 0.4) is 0 Å². The number of fused-ring (bicyclic) bond motifs is 1. The molecule has 2 aliphatic rings. The molecule has 0 radical (unpaired) electrons. The Kier molecular flexibility index (Phi) is 5.08. The van der Waals surface area contributed by atoms with Crippen molar-refractivity contribution in [1.29, 1.82) is 0 Å². The highest BCUT2D eigenvalue weighted by molar-refractivity contribution is 6.30. The molecule has 1 fully saturated rings. The summed E-state index contributed by atoms with van der Waals surface area (Å²) >= 11 is 6.19. The molecule has 0 bridgehead atoms. The predicted molar refractivity (Wildman–Crippen MR) is 108 cm³/mol. The van der Waals surface area contributed by atoms with Gasteiger partial charge in [0.05, 0.1) is 12.6 Å². The van der Waals surface area contributed by atoms with Gasteiger partial charge in [-0.15, -0.1) is 0 Å². The van der Waals surface area contributed by atoms with E-state index in [1.54, 1.807) is 0 Å². The van der Waals surface area contributed by atoms with E-state index in [2.05, 4.69) is 39.8 Å². The summed E-state index contributed by atoms with van der Waals surface area (Å²) < 4.78 is 2.02. The van der Waals surface area contributed by atoms with Crippen molar-refractivity contribution in [2.45, 2.75) is 57.5 Å². The summed E-state index contributed by atoms with van der Waals surface area (Å²) in [6.45, 7) is 6.58. The van der Waals surface area contributed by atoms with E-state index in [0.29, 0.717) is 0 Å². The van der Waals surface area contributed by atoms with Crippen LogP contribution in [0.5, 0.6) is 0 Å². The summed E-state index contributed by atoms with van der Waals surface area (Å²) in [5, 5.41) is 12.3. The van der Waals surface area contributed by atoms with E-state index in [1.165, 1.54) is 5.56 Å². The Hall–Kier alpha value is -2.08. The van der Waals surface area contributed by atoms with Gasteiger partial charge in [-0.2, -0.15) is 5.10 Å². The third kappa shape index (κ3) is 3.95. The number of hydrogen-bond acceptors (Lipinski definition) is 3. The molecular formula is C20H27ClN6. The first-order chi connectivity index (χ1) is 13.1. The van der Waals surface area contributed by atoms with Crippen LogP contribution in [0.1, 0.15) is 55.9 Å². The Morgan fingerprint density at radius 3 is 3.00 bits per heavy atom. The Balaban J connectivity index is 1.50. The molecule has 1 aliphatic heterocycles. The molecule has 27 heavy (non-hydrogen) atoms. The van der Waals surface area contributed by atoms with Gasteiger partial charge in [-0.25, -0.2) is 9.67 Å². The van der Waals surface area contributed by atoms with Crippen LogP contribution in [0, 0.1) is 6.92 Å². The van der Waals surface area contributed by atoms with E-state index in [0.717, 1.165) is 67.9 Å². The number of benzene rings is 1. The lowest BCUT2D eigenvalue weighted by Crippen LogP contribution is -2.42. The summed E-state index contributed by atoms with van der Waals surface area (Å²) in [5.41, 5.74) is 1.43. The fourth-order valence-electron chi connectivity index (χ4n) is 3.83. The van der Waals surface area contributed by atoms with E-state index < -0.39 is 0 Å². The first-order valence-electron chi connectivity index (χ1n) is 9.82. The maximum Gasteiger partial charge on any atom is 0.191 e. The summed E-state index contributed by atoms with van der Waals surface area (Å²) in [4.78, 5) is 9.54. The largest absolute Gasteiger partial charge is 0.357 e. The van der Waals surface area contributed by atoms with Gasteiger partial charge in [-0.1, -0.05) is 23.7 Å². The smallest absolute Gasteiger partial charge is 0.191 e. The molecule has 2 aromatic rings. The van der Waals surface area contributed by atoms with Gasteiger partial charge in [0.1, 0.15) is 11.6 Å². The molecule has 1 unspecified atom stereocenters. The molecule has 0 spiro atoms. The molecule has 1 aromatic carbocycles. The average Bonchev–Trinajstić information content (AvgIpc) is 3.34. The minimum absolute atomic E-state index is 0.135. The van der Waals surface area contributed by atoms with Crippen LogP contribution in [-0.4, -0.2) is 33.8 Å². The molecule has 2 N–H and O–H groups in total. The van der Waals surface area contributed by atoms with E-state index in [-0.39, 0.29) is 11.5 Å². The van der Waals surface area contributed by atoms with Crippen molar-refractivity contribution in [2.75, 3.05) is 13.1 Å². The number of guanidine groups is 1. The molecule has 1 saturated carbocycles. The van der Waals surface area contributed by atoms with Crippen molar-refractivity contribution >= 4 is 17.6 Å². The van der Waals surface area contributed by atoms with Crippen LogP contribution in [0.2, 0.25) is 5.02 Å². The molecule has 4 rings (SSSR count). The lowest BCUT2D eigenvalue weighted by Gasteiger charge is -2.25. The minimum atomic E-state index is 0.135. The van der Waals surface area contributed by atoms with Crippen LogP contribution < -0.4 is 10.6 Å². The number of nitrogens with one attached hydrogen (secondary N) is 2. The minimum Gasteiger partial charge on any atom is -0.357 e. The number of nitrogens with zero attached hydrogens (tertiary/aromatic N) is 4. The normalized spacial score (nSPS) is 20.9. The van der Waals surface area contributed by atoms with Crippen molar-refractivity contribution in [3.05, 3.63) is 46.5 Å². The van der Waals surface area contributed by atoms with Gasteiger partial charge in [-0.05, 0) is 57.2 Å². The van der Waals surface area contributed by atoms with Gasteiger partial charge < -0.3 is 10.6 Å². The topological polar surface area (TPSA) is 67.1 Å². The van der Waals surface area contributed by atoms with E-state index in [9.17, 15) is 0 Å². The second-order valence-electron chi connectivity index (χ2n) is 7.57. The Labute approximate surface area is 165 Å². The molecule has 0 amide bonds. The summed E-state index contributed by atoms with van der Waals surface area (Å²) in [7, 11) is 0. The van der Waals surface area contributed by atoms with Crippen LogP contribution in [0.4, 0.5) is 0 Å². The molecule has 1 aromatic heterocycles. The first kappa shape index (κ1) is 18.3. The fourth-order valence-corrected chi connectivity index (χ4v) is 4.02. The Bertz CT molecular complexity index is 839. The van der Waals surface area contributed by atoms with Crippen molar-refractivity contribution in [1.82, 2.24) is 25.4 Å². The van der Waals surface area contributed by atoms with Crippen molar-refractivity contribution < 1.29 is 0 Å². The Morgan fingerprint density at radius 1 is 1.41 bits per heavy atom. The number of aryl methyl sites for hydroxylation is 2. The van der Waals surface area contributed by atoms with Gasteiger partial charge in [0.15, 0.2) is 5.96 Å². The molecule has 1 aliphatic carbocycles. The van der Waals surface area contributed by atoms with Crippen LogP contribution >= 0.6 is 11.6 Å². The number of hydrogen-bond donors (Lipinski definition) is 2. The highest BCUT2D eigenvalue weighted by Crippen LogP contribution is 2.48. The highest BCUT2D eigenvalue weighted by Gasteiger charge is 2.44. The van der Waals surface area contributed by atoms with Crippen LogP contribution in [0.15, 0.2) is 29.3 Å². The number of halogens is 1. The summed E-state index contributed by atoms with van der Waals surface area (Å²) in [6.07, 6.45) is 4.46. The second kappa shape index (κ2) is 7.50. The summed E-state index contributed by atoms with van der Waals surface area (Å²) in [5.74, 6) is 2.70. The van der Waals surface area contributed by atoms with Crippen molar-refractivity contribution in [3.8, 4) is 0 Å². The standard InChI is InChI=1S/C20H27ClN6/c1-3-22-19(25-17-8-5-11-27-18(17)24-14(2)26-27)23-13-20(9-10-20)15-6-4-7-16(21)12-15/h4,6-7,12,17H,3,5,8-11,13H2,1-2H3,(H2,22,23,25). The predicted octanol–water partition coefficient (Wildman–Crippen LogP) is 3.36. The maximum absolute atomic E-state index is 6.19. The fraction of sp³-hybridized carbons (Fsp3) is 0.550. The monoisotopic (exact) mass is 386 g/mol. The maximum atomic E-state index is 6.19. The molecule has 2 heterocycles. The quantitative estimate of drug-likeness (QED) is 0.610. The molecule has 1 atom stereocenters. The van der Waals surface area contributed by atoms with Crippen LogP contribution in [-0.2, 0) is 12.0 Å². The van der Waals surface area contributed by atoms with Crippen molar-refractivity contribution in [3.63, 3.8) is 0 Å². The van der Waals surface area contributed by atoms with E-state index in [4.69, 9.17) is 16.6 Å². The third-order valence-corrected chi connectivity index (χ3v) is 5.70. The zero-order chi connectivity index (χ0) is 18.9. The summed E-state index contributed by atoms with van der Waals surface area (Å²) in [6, 6.07) is 8.36. The first-order valence-corrected chi connectivity index (χ1v) is 10.2. The van der Waals surface area contributed by atoms with Gasteiger partial charge >= 0.3 is 0 Å². The van der Waals surface area contributed by atoms with Gasteiger partial charge in [0.25, 0.3) is 0 Å². The molecule has 7 heteroatoms. The van der Waals surface area contributed by atoms with Crippen LogP contribution in [0.25, 0.3) is 0 Å². The number of rotatable bonds is 5. The van der Waals surface area contributed by atoms with E-state index in [1.807, 2.05) is 23.7 Å². The van der Waals surface area contributed by atoms with Gasteiger partial charge in [0.2, 0.25) is 0 Å². The average molecular weight is 387 g/mol.